The number of nitrogens with one attached hydrogen (secondary N) is 2. The molecule has 6 heteroatoms. The third kappa shape index (κ3) is 6.11. The molecule has 0 spiro atoms. The van der Waals surface area contributed by atoms with E-state index in [2.05, 4.69) is 53.7 Å². The minimum absolute atomic E-state index is 0.0866. The number of hydrogen-bond donors (Lipinski definition) is 2. The monoisotopic (exact) mass is 466 g/mol. The maximum atomic E-state index is 13.3. The van der Waals surface area contributed by atoms with Gasteiger partial charge < -0.3 is 15.2 Å². The molecule has 0 radical (unpaired) electrons. The Morgan fingerprint density at radius 1 is 0.943 bits per heavy atom. The molecule has 4 aromatic rings. The van der Waals surface area contributed by atoms with Crippen LogP contribution < -0.4 is 16.2 Å². The van der Waals surface area contributed by atoms with Crippen molar-refractivity contribution >= 4 is 11.7 Å². The van der Waals surface area contributed by atoms with Crippen LogP contribution in [0.4, 0.5) is 5.82 Å². The van der Waals surface area contributed by atoms with Crippen LogP contribution in [0.25, 0.3) is 11.1 Å². The van der Waals surface area contributed by atoms with Gasteiger partial charge in [-0.1, -0.05) is 67.1 Å². The van der Waals surface area contributed by atoms with Gasteiger partial charge in [-0.25, -0.2) is 4.98 Å². The van der Waals surface area contributed by atoms with Crippen LogP contribution in [0, 0.1) is 6.92 Å². The molecule has 4 rings (SSSR count). The van der Waals surface area contributed by atoms with Gasteiger partial charge in [0.2, 0.25) is 5.91 Å². The van der Waals surface area contributed by atoms with Gasteiger partial charge in [-0.15, -0.1) is 0 Å². The van der Waals surface area contributed by atoms with Crippen LogP contribution in [0.3, 0.4) is 0 Å². The van der Waals surface area contributed by atoms with Crippen molar-refractivity contribution in [1.29, 1.82) is 0 Å². The molecule has 0 aliphatic heterocycles. The molecule has 0 fully saturated rings. The largest absolute Gasteiger partial charge is 0.319 e. The summed E-state index contributed by atoms with van der Waals surface area (Å²) in [6.07, 6.45) is 3.38. The minimum Gasteiger partial charge on any atom is -0.319 e. The first-order valence-electron chi connectivity index (χ1n) is 11.7. The zero-order valence-electron chi connectivity index (χ0n) is 20.2. The van der Waals surface area contributed by atoms with Crippen molar-refractivity contribution in [3.05, 3.63) is 118 Å². The van der Waals surface area contributed by atoms with E-state index in [-0.39, 0.29) is 17.4 Å². The number of carbonyl (C=O) groups is 1. The molecular formula is C29H30N4O2. The lowest BCUT2D eigenvalue weighted by molar-refractivity contribution is -0.118. The highest BCUT2D eigenvalue weighted by Crippen LogP contribution is 2.21. The molecule has 6 nitrogen and oxygen atoms in total. The summed E-state index contributed by atoms with van der Waals surface area (Å²) in [6, 6.07) is 24.7. The number of pyridine rings is 2. The second kappa shape index (κ2) is 10.9. The third-order valence-corrected chi connectivity index (χ3v) is 6.12. The summed E-state index contributed by atoms with van der Waals surface area (Å²) in [7, 11) is 1.71. The predicted octanol–water partition coefficient (Wildman–Crippen LogP) is 4.83. The van der Waals surface area contributed by atoms with Gasteiger partial charge >= 0.3 is 0 Å². The highest BCUT2D eigenvalue weighted by atomic mass is 16.2. The number of nitrogens with zero attached hydrogens (tertiary/aromatic N) is 2. The predicted molar refractivity (Wildman–Crippen MR) is 140 cm³/mol. The van der Waals surface area contributed by atoms with Crippen molar-refractivity contribution in [3.8, 4) is 11.1 Å². The lowest BCUT2D eigenvalue weighted by Crippen LogP contribution is -2.35. The summed E-state index contributed by atoms with van der Waals surface area (Å²) in [4.78, 5) is 29.6. The molecule has 0 saturated carbocycles. The Morgan fingerprint density at radius 3 is 2.34 bits per heavy atom. The van der Waals surface area contributed by atoms with E-state index in [4.69, 9.17) is 0 Å². The fourth-order valence-corrected chi connectivity index (χ4v) is 3.88. The Bertz CT molecular complexity index is 1330. The average molecular weight is 467 g/mol. The SMILES string of the molecule is Cc1ccc(C(C)CNC(C(=O)Nc2ccc(-c3ccn(C)c(=O)c3)cn2)c2ccccc2)cc1. The van der Waals surface area contributed by atoms with Crippen LogP contribution >= 0.6 is 0 Å². The van der Waals surface area contributed by atoms with Gasteiger partial charge in [-0.3, -0.25) is 9.59 Å². The summed E-state index contributed by atoms with van der Waals surface area (Å²) >= 11 is 0. The minimum atomic E-state index is -0.525. The van der Waals surface area contributed by atoms with Crippen molar-refractivity contribution in [2.75, 3.05) is 11.9 Å². The number of amides is 1. The van der Waals surface area contributed by atoms with Crippen molar-refractivity contribution in [2.45, 2.75) is 25.8 Å². The molecule has 178 valence electrons. The van der Waals surface area contributed by atoms with Crippen LogP contribution in [-0.2, 0) is 11.8 Å². The summed E-state index contributed by atoms with van der Waals surface area (Å²) in [5.74, 6) is 0.517. The van der Waals surface area contributed by atoms with Crippen LogP contribution in [0.5, 0.6) is 0 Å². The number of anilines is 1. The van der Waals surface area contributed by atoms with E-state index in [1.54, 1.807) is 31.6 Å². The summed E-state index contributed by atoms with van der Waals surface area (Å²) in [6.45, 7) is 4.87. The quantitative estimate of drug-likeness (QED) is 0.390. The van der Waals surface area contributed by atoms with E-state index in [1.807, 2.05) is 42.5 Å². The standard InChI is InChI=1S/C29H30N4O2/c1-20-9-11-22(12-10-20)21(2)18-31-28(23-7-5-4-6-8-23)29(35)32-26-14-13-25(19-30-26)24-15-16-33(3)27(34)17-24/h4-17,19,21,28,31H,18H2,1-3H3,(H,30,32,35). The maximum absolute atomic E-state index is 13.3. The number of aryl methyl sites for hydroxylation is 2. The normalized spacial score (nSPS) is 12.7. The van der Waals surface area contributed by atoms with E-state index in [0.29, 0.717) is 12.4 Å². The molecule has 2 atom stereocenters. The van der Waals surface area contributed by atoms with Crippen LogP contribution in [-0.4, -0.2) is 22.0 Å². The van der Waals surface area contributed by atoms with Crippen LogP contribution in [0.15, 0.2) is 96.1 Å². The van der Waals surface area contributed by atoms with Gasteiger partial charge in [0.05, 0.1) is 0 Å². The molecule has 2 aromatic carbocycles. The van der Waals surface area contributed by atoms with Gasteiger partial charge in [0.1, 0.15) is 11.9 Å². The zero-order chi connectivity index (χ0) is 24.8. The average Bonchev–Trinajstić information content (AvgIpc) is 2.87. The van der Waals surface area contributed by atoms with E-state index >= 15 is 0 Å². The molecule has 0 aliphatic rings. The van der Waals surface area contributed by atoms with Crippen molar-refractivity contribution < 1.29 is 4.79 Å². The fourth-order valence-electron chi connectivity index (χ4n) is 3.88. The van der Waals surface area contributed by atoms with Crippen LogP contribution in [0.1, 0.15) is 35.6 Å². The number of aromatic nitrogens is 2. The molecule has 0 saturated heterocycles. The van der Waals surface area contributed by atoms with E-state index in [0.717, 1.165) is 16.7 Å². The number of benzene rings is 2. The lowest BCUT2D eigenvalue weighted by Gasteiger charge is -2.21. The van der Waals surface area contributed by atoms with Crippen molar-refractivity contribution in [2.24, 2.45) is 7.05 Å². The number of rotatable bonds is 8. The Hall–Kier alpha value is -4.03. The Morgan fingerprint density at radius 2 is 1.69 bits per heavy atom. The van der Waals surface area contributed by atoms with Gasteiger partial charge in [0, 0.05) is 37.6 Å². The Kier molecular flexibility index (Phi) is 7.53. The fraction of sp³-hybridized carbons (Fsp3) is 0.207. The van der Waals surface area contributed by atoms with Crippen molar-refractivity contribution in [3.63, 3.8) is 0 Å². The first kappa shape index (κ1) is 24.1. The Balaban J connectivity index is 1.47. The zero-order valence-corrected chi connectivity index (χ0v) is 20.2. The number of carbonyl (C=O) groups excluding carboxylic acids is 1. The lowest BCUT2D eigenvalue weighted by atomic mass is 9.98. The molecule has 2 heterocycles. The highest BCUT2D eigenvalue weighted by Gasteiger charge is 2.21. The summed E-state index contributed by atoms with van der Waals surface area (Å²) in [5, 5.41) is 6.37. The summed E-state index contributed by atoms with van der Waals surface area (Å²) in [5.41, 5.74) is 4.85. The van der Waals surface area contributed by atoms with E-state index in [1.165, 1.54) is 15.7 Å². The summed E-state index contributed by atoms with van der Waals surface area (Å²) < 4.78 is 1.52. The second-order valence-electron chi connectivity index (χ2n) is 8.85. The second-order valence-corrected chi connectivity index (χ2v) is 8.85. The van der Waals surface area contributed by atoms with Gasteiger partial charge in [0.15, 0.2) is 0 Å². The Labute approximate surface area is 205 Å². The van der Waals surface area contributed by atoms with Gasteiger partial charge in [-0.05, 0) is 47.7 Å². The topological polar surface area (TPSA) is 76.0 Å². The first-order valence-corrected chi connectivity index (χ1v) is 11.7. The molecule has 1 amide bonds. The number of hydrogen-bond acceptors (Lipinski definition) is 4. The van der Waals surface area contributed by atoms with Crippen LogP contribution in [0.2, 0.25) is 0 Å². The van der Waals surface area contributed by atoms with E-state index in [9.17, 15) is 9.59 Å². The maximum Gasteiger partial charge on any atom is 0.250 e. The first-order chi connectivity index (χ1) is 16.9. The van der Waals surface area contributed by atoms with Gasteiger partial charge in [-0.2, -0.15) is 0 Å². The molecule has 35 heavy (non-hydrogen) atoms. The molecule has 2 N–H and O–H groups in total. The smallest absolute Gasteiger partial charge is 0.250 e. The third-order valence-electron chi connectivity index (χ3n) is 6.12. The molecule has 2 aromatic heterocycles. The van der Waals surface area contributed by atoms with Gasteiger partial charge in [0.25, 0.3) is 5.56 Å². The molecule has 0 bridgehead atoms. The van der Waals surface area contributed by atoms with E-state index < -0.39 is 6.04 Å². The highest BCUT2D eigenvalue weighted by molar-refractivity contribution is 5.95. The molecule has 2 unspecified atom stereocenters. The van der Waals surface area contributed by atoms with Crippen molar-refractivity contribution in [1.82, 2.24) is 14.9 Å². The molecule has 0 aliphatic carbocycles. The molecular weight excluding hydrogens is 436 g/mol.